The van der Waals surface area contributed by atoms with Crippen molar-refractivity contribution in [3.63, 3.8) is 0 Å². The predicted molar refractivity (Wildman–Crippen MR) is 74.0 cm³/mol. The molecule has 0 fully saturated rings. The number of methoxy groups -OCH3 is 1. The lowest BCUT2D eigenvalue weighted by molar-refractivity contribution is -0.140. The van der Waals surface area contributed by atoms with Gasteiger partial charge >= 0.3 is 5.97 Å². The van der Waals surface area contributed by atoms with E-state index in [9.17, 15) is 9.18 Å². The van der Waals surface area contributed by atoms with Crippen LogP contribution in [-0.2, 0) is 16.1 Å². The van der Waals surface area contributed by atoms with Crippen molar-refractivity contribution >= 4 is 21.9 Å². The molecule has 1 N–H and O–H groups in total. The van der Waals surface area contributed by atoms with Crippen LogP contribution in [0.25, 0.3) is 11.4 Å². The monoisotopic (exact) mass is 358 g/mol. The summed E-state index contributed by atoms with van der Waals surface area (Å²) in [4.78, 5) is 10.8. The van der Waals surface area contributed by atoms with Crippen LogP contribution in [0.15, 0.2) is 22.7 Å². The van der Waals surface area contributed by atoms with Crippen LogP contribution in [0.5, 0.6) is 0 Å². The number of rotatable bonds is 6. The standard InChI is InChI=1S/C12H12BrFN4O3/c1-21-7(5-10(19)20)6-18-12(15-16-17-18)11-8(13)3-2-4-9(11)14/h2-4,7H,5-6H2,1H3,(H,19,20). The third kappa shape index (κ3) is 3.61. The average Bonchev–Trinajstić information content (AvgIpc) is 2.85. The summed E-state index contributed by atoms with van der Waals surface area (Å²) in [6.45, 7) is 0.103. The lowest BCUT2D eigenvalue weighted by atomic mass is 10.2. The maximum atomic E-state index is 14.0. The predicted octanol–water partition coefficient (Wildman–Crippen LogP) is 1.73. The van der Waals surface area contributed by atoms with Gasteiger partial charge in [-0.15, -0.1) is 5.10 Å². The second-order valence-corrected chi connectivity index (χ2v) is 5.09. The Morgan fingerprint density at radius 3 is 2.95 bits per heavy atom. The number of benzene rings is 1. The fourth-order valence-corrected chi connectivity index (χ4v) is 2.35. The number of carboxylic acids is 1. The maximum absolute atomic E-state index is 14.0. The van der Waals surface area contributed by atoms with Crippen molar-refractivity contribution in [2.75, 3.05) is 7.11 Å². The molecule has 0 aliphatic heterocycles. The molecular weight excluding hydrogens is 347 g/mol. The van der Waals surface area contributed by atoms with Crippen molar-refractivity contribution in [1.29, 1.82) is 0 Å². The smallest absolute Gasteiger partial charge is 0.306 e. The Morgan fingerprint density at radius 2 is 2.33 bits per heavy atom. The van der Waals surface area contributed by atoms with Crippen molar-refractivity contribution < 1.29 is 19.0 Å². The lowest BCUT2D eigenvalue weighted by Gasteiger charge is -2.14. The van der Waals surface area contributed by atoms with Crippen LogP contribution in [0.2, 0.25) is 0 Å². The number of hydrogen-bond donors (Lipinski definition) is 1. The van der Waals surface area contributed by atoms with Gasteiger partial charge in [-0.1, -0.05) is 6.07 Å². The SMILES string of the molecule is COC(CC(=O)O)Cn1nnnc1-c1c(F)cccc1Br. The highest BCUT2D eigenvalue weighted by atomic mass is 79.9. The van der Waals surface area contributed by atoms with Gasteiger partial charge in [0.1, 0.15) is 5.82 Å². The minimum atomic E-state index is -0.997. The fourth-order valence-electron chi connectivity index (χ4n) is 1.83. The Morgan fingerprint density at radius 1 is 1.57 bits per heavy atom. The first-order chi connectivity index (χ1) is 10.0. The number of aliphatic carboxylic acids is 1. The second kappa shape index (κ2) is 6.72. The molecule has 0 aliphatic carbocycles. The molecule has 0 saturated carbocycles. The summed E-state index contributed by atoms with van der Waals surface area (Å²) in [5, 5.41) is 19.9. The summed E-state index contributed by atoms with van der Waals surface area (Å²) >= 11 is 3.25. The van der Waals surface area contributed by atoms with E-state index in [-0.39, 0.29) is 24.4 Å². The van der Waals surface area contributed by atoms with Crippen LogP contribution in [-0.4, -0.2) is 44.5 Å². The zero-order valence-corrected chi connectivity index (χ0v) is 12.6. The van der Waals surface area contributed by atoms with Crippen molar-refractivity contribution in [3.05, 3.63) is 28.5 Å². The highest BCUT2D eigenvalue weighted by Gasteiger charge is 2.20. The number of carboxylic acid groups (broad SMARTS) is 1. The molecule has 1 aromatic heterocycles. The largest absolute Gasteiger partial charge is 0.481 e. The third-order valence-corrected chi connectivity index (χ3v) is 3.49. The van der Waals surface area contributed by atoms with Crippen molar-refractivity contribution in [3.8, 4) is 11.4 Å². The first-order valence-corrected chi connectivity index (χ1v) is 6.77. The first-order valence-electron chi connectivity index (χ1n) is 5.98. The normalized spacial score (nSPS) is 12.3. The molecule has 1 heterocycles. The molecule has 9 heteroatoms. The molecule has 0 bridgehead atoms. The molecule has 112 valence electrons. The van der Waals surface area contributed by atoms with Crippen LogP contribution in [0.4, 0.5) is 4.39 Å². The maximum Gasteiger partial charge on any atom is 0.306 e. The number of halogens is 2. The van der Waals surface area contributed by atoms with E-state index in [2.05, 4.69) is 31.5 Å². The summed E-state index contributed by atoms with van der Waals surface area (Å²) in [6, 6.07) is 4.52. The van der Waals surface area contributed by atoms with E-state index < -0.39 is 17.9 Å². The molecular formula is C12H12BrFN4O3. The summed E-state index contributed by atoms with van der Waals surface area (Å²) in [6.07, 6.45) is -0.816. The van der Waals surface area contributed by atoms with Gasteiger partial charge in [0, 0.05) is 11.6 Å². The Kier molecular flexibility index (Phi) is 4.97. The van der Waals surface area contributed by atoms with Crippen LogP contribution >= 0.6 is 15.9 Å². The summed E-state index contributed by atoms with van der Waals surface area (Å²) < 4.78 is 20.9. The van der Waals surface area contributed by atoms with Crippen LogP contribution < -0.4 is 0 Å². The van der Waals surface area contributed by atoms with E-state index in [1.807, 2.05) is 0 Å². The number of carbonyl (C=O) groups is 1. The van der Waals surface area contributed by atoms with Crippen molar-refractivity contribution in [1.82, 2.24) is 20.2 Å². The van der Waals surface area contributed by atoms with E-state index in [0.29, 0.717) is 4.47 Å². The van der Waals surface area contributed by atoms with Crippen LogP contribution in [0.1, 0.15) is 6.42 Å². The highest BCUT2D eigenvalue weighted by Crippen LogP contribution is 2.29. The van der Waals surface area contributed by atoms with Gasteiger partial charge in [0.15, 0.2) is 5.82 Å². The molecule has 1 atom stereocenters. The van der Waals surface area contributed by atoms with Crippen molar-refractivity contribution in [2.24, 2.45) is 0 Å². The van der Waals surface area contributed by atoms with E-state index >= 15 is 0 Å². The quantitative estimate of drug-likeness (QED) is 0.845. The first kappa shape index (κ1) is 15.5. The van der Waals surface area contributed by atoms with E-state index in [1.54, 1.807) is 12.1 Å². The minimum Gasteiger partial charge on any atom is -0.481 e. The third-order valence-electron chi connectivity index (χ3n) is 2.83. The summed E-state index contributed by atoms with van der Waals surface area (Å²) in [5.74, 6) is -1.27. The zero-order valence-electron chi connectivity index (χ0n) is 11.0. The molecule has 1 aromatic carbocycles. The summed E-state index contributed by atoms with van der Waals surface area (Å²) in [5.41, 5.74) is 0.215. The van der Waals surface area contributed by atoms with Crippen LogP contribution in [0.3, 0.4) is 0 Å². The van der Waals surface area contributed by atoms with Gasteiger partial charge in [0.05, 0.1) is 24.6 Å². The fraction of sp³-hybridized carbons (Fsp3) is 0.333. The number of nitrogens with zero attached hydrogens (tertiary/aromatic N) is 4. The molecule has 0 aliphatic rings. The topological polar surface area (TPSA) is 90.1 Å². The van der Waals surface area contributed by atoms with E-state index in [4.69, 9.17) is 9.84 Å². The van der Waals surface area contributed by atoms with Gasteiger partial charge < -0.3 is 9.84 Å². The highest BCUT2D eigenvalue weighted by molar-refractivity contribution is 9.10. The van der Waals surface area contributed by atoms with Gasteiger partial charge in [0.25, 0.3) is 0 Å². The Hall–Kier alpha value is -1.87. The number of tetrazole rings is 1. The van der Waals surface area contributed by atoms with Crippen LogP contribution in [0, 0.1) is 5.82 Å². The number of aromatic nitrogens is 4. The minimum absolute atomic E-state index is 0.103. The molecule has 0 amide bonds. The van der Waals surface area contributed by atoms with E-state index in [1.165, 1.54) is 17.9 Å². The molecule has 0 saturated heterocycles. The number of ether oxygens (including phenoxy) is 1. The second-order valence-electron chi connectivity index (χ2n) is 4.24. The van der Waals surface area contributed by atoms with Crippen molar-refractivity contribution in [2.45, 2.75) is 19.1 Å². The number of hydrogen-bond acceptors (Lipinski definition) is 5. The molecule has 21 heavy (non-hydrogen) atoms. The molecule has 0 spiro atoms. The van der Waals surface area contributed by atoms with Gasteiger partial charge in [-0.2, -0.15) is 0 Å². The molecule has 7 nitrogen and oxygen atoms in total. The zero-order chi connectivity index (χ0) is 15.4. The Bertz CT molecular complexity index is 629. The average molecular weight is 359 g/mol. The van der Waals surface area contributed by atoms with E-state index in [0.717, 1.165) is 0 Å². The van der Waals surface area contributed by atoms with Gasteiger partial charge in [-0.05, 0) is 38.5 Å². The molecule has 1 unspecified atom stereocenters. The molecule has 2 rings (SSSR count). The lowest BCUT2D eigenvalue weighted by Crippen LogP contribution is -2.23. The molecule has 0 radical (unpaired) electrons. The van der Waals surface area contributed by atoms with Gasteiger partial charge in [-0.25, -0.2) is 9.07 Å². The van der Waals surface area contributed by atoms with Gasteiger partial charge in [-0.3, -0.25) is 4.79 Å². The Balaban J connectivity index is 2.32. The molecule has 2 aromatic rings. The van der Waals surface area contributed by atoms with Gasteiger partial charge in [0.2, 0.25) is 0 Å². The Labute approximate surface area is 127 Å². The summed E-state index contributed by atoms with van der Waals surface area (Å²) in [7, 11) is 1.40.